The molecular weight excluding hydrogens is 382 g/mol. The summed E-state index contributed by atoms with van der Waals surface area (Å²) in [5.74, 6) is 1.06. The number of carbonyl (C=O) groups excluding carboxylic acids is 1. The number of amides is 1. The SMILES string of the molecule is Cc1ocnc1OC(=O)Nc1cnc(OC2CCC2)c(-c2ccc(Cl)cc2)c1. The molecule has 0 radical (unpaired) electrons. The van der Waals surface area contributed by atoms with Gasteiger partial charge in [0.1, 0.15) is 6.10 Å². The van der Waals surface area contributed by atoms with E-state index in [1.165, 1.54) is 12.6 Å². The third kappa shape index (κ3) is 4.09. The first-order valence-corrected chi connectivity index (χ1v) is 9.28. The Balaban J connectivity index is 1.57. The van der Waals surface area contributed by atoms with E-state index in [1.54, 1.807) is 25.1 Å². The topological polar surface area (TPSA) is 86.5 Å². The summed E-state index contributed by atoms with van der Waals surface area (Å²) in [4.78, 5) is 20.4. The zero-order chi connectivity index (χ0) is 19.5. The fraction of sp³-hybridized carbons (Fsp3) is 0.250. The van der Waals surface area contributed by atoms with Gasteiger partial charge in [0.25, 0.3) is 5.88 Å². The van der Waals surface area contributed by atoms with Crippen molar-refractivity contribution in [2.24, 2.45) is 0 Å². The Morgan fingerprint density at radius 1 is 1.21 bits per heavy atom. The van der Waals surface area contributed by atoms with Crippen LogP contribution in [0.2, 0.25) is 5.02 Å². The molecule has 1 aliphatic rings. The average Bonchev–Trinajstić information content (AvgIpc) is 3.04. The van der Waals surface area contributed by atoms with Gasteiger partial charge in [-0.15, -0.1) is 0 Å². The van der Waals surface area contributed by atoms with E-state index < -0.39 is 6.09 Å². The van der Waals surface area contributed by atoms with Gasteiger partial charge >= 0.3 is 6.09 Å². The lowest BCUT2D eigenvalue weighted by Crippen LogP contribution is -2.25. The molecule has 0 spiro atoms. The third-order valence-corrected chi connectivity index (χ3v) is 4.73. The van der Waals surface area contributed by atoms with Crippen LogP contribution in [0.1, 0.15) is 25.0 Å². The monoisotopic (exact) mass is 399 g/mol. The van der Waals surface area contributed by atoms with Crippen molar-refractivity contribution in [1.29, 1.82) is 0 Å². The molecule has 0 atom stereocenters. The largest absolute Gasteiger partial charge is 0.474 e. The second-order valence-corrected chi connectivity index (χ2v) is 6.92. The molecule has 8 heteroatoms. The minimum absolute atomic E-state index is 0.119. The number of anilines is 1. The van der Waals surface area contributed by atoms with E-state index in [0.29, 0.717) is 22.4 Å². The predicted molar refractivity (Wildman–Crippen MR) is 104 cm³/mol. The van der Waals surface area contributed by atoms with E-state index in [1.807, 2.05) is 12.1 Å². The second-order valence-electron chi connectivity index (χ2n) is 6.48. The fourth-order valence-electron chi connectivity index (χ4n) is 2.72. The van der Waals surface area contributed by atoms with Gasteiger partial charge in [0.2, 0.25) is 5.88 Å². The molecule has 1 saturated carbocycles. The lowest BCUT2D eigenvalue weighted by molar-refractivity contribution is 0.115. The molecule has 7 nitrogen and oxygen atoms in total. The lowest BCUT2D eigenvalue weighted by Gasteiger charge is -2.27. The zero-order valence-electron chi connectivity index (χ0n) is 15.1. The van der Waals surface area contributed by atoms with Crippen molar-refractivity contribution >= 4 is 23.4 Å². The van der Waals surface area contributed by atoms with Gasteiger partial charge in [0.15, 0.2) is 12.2 Å². The van der Waals surface area contributed by atoms with Crippen LogP contribution in [-0.4, -0.2) is 22.2 Å². The van der Waals surface area contributed by atoms with Gasteiger partial charge in [-0.05, 0) is 49.9 Å². The van der Waals surface area contributed by atoms with E-state index in [2.05, 4.69) is 15.3 Å². The van der Waals surface area contributed by atoms with Gasteiger partial charge in [0, 0.05) is 10.6 Å². The maximum absolute atomic E-state index is 12.2. The number of benzene rings is 1. The first kappa shape index (κ1) is 18.3. The Morgan fingerprint density at radius 3 is 2.64 bits per heavy atom. The summed E-state index contributed by atoms with van der Waals surface area (Å²) in [6.45, 7) is 1.66. The van der Waals surface area contributed by atoms with Crippen LogP contribution in [0, 0.1) is 6.92 Å². The molecule has 144 valence electrons. The Morgan fingerprint density at radius 2 is 2.00 bits per heavy atom. The highest BCUT2D eigenvalue weighted by Gasteiger charge is 2.22. The summed E-state index contributed by atoms with van der Waals surface area (Å²) in [5.41, 5.74) is 2.12. The Bertz CT molecular complexity index is 983. The first-order valence-electron chi connectivity index (χ1n) is 8.90. The van der Waals surface area contributed by atoms with Crippen LogP contribution in [0.5, 0.6) is 11.8 Å². The summed E-state index contributed by atoms with van der Waals surface area (Å²) in [6.07, 6.45) is 5.44. The van der Waals surface area contributed by atoms with Crippen molar-refractivity contribution in [3.8, 4) is 22.9 Å². The number of halogens is 1. The highest BCUT2D eigenvalue weighted by molar-refractivity contribution is 6.30. The van der Waals surface area contributed by atoms with E-state index in [9.17, 15) is 4.79 Å². The van der Waals surface area contributed by atoms with E-state index in [0.717, 1.165) is 30.4 Å². The number of rotatable bonds is 5. The highest BCUT2D eigenvalue weighted by atomic mass is 35.5. The molecule has 0 bridgehead atoms. The maximum Gasteiger partial charge on any atom is 0.418 e. The first-order chi connectivity index (χ1) is 13.6. The number of ether oxygens (including phenoxy) is 2. The van der Waals surface area contributed by atoms with Crippen molar-refractivity contribution < 1.29 is 18.7 Å². The predicted octanol–water partition coefficient (Wildman–Crippen LogP) is 5.24. The highest BCUT2D eigenvalue weighted by Crippen LogP contribution is 2.34. The summed E-state index contributed by atoms with van der Waals surface area (Å²) in [5, 5.41) is 3.29. The minimum Gasteiger partial charge on any atom is -0.474 e. The molecule has 1 N–H and O–H groups in total. The second kappa shape index (κ2) is 7.90. The number of aryl methyl sites for hydroxylation is 1. The molecule has 2 aromatic heterocycles. The lowest BCUT2D eigenvalue weighted by atomic mass is 9.96. The molecular formula is C20H18ClN3O4. The van der Waals surface area contributed by atoms with Crippen molar-refractivity contribution in [3.63, 3.8) is 0 Å². The number of hydrogen-bond donors (Lipinski definition) is 1. The molecule has 28 heavy (non-hydrogen) atoms. The van der Waals surface area contributed by atoms with Crippen LogP contribution in [0.25, 0.3) is 11.1 Å². The number of carbonyl (C=O) groups is 1. The van der Waals surface area contributed by atoms with Crippen LogP contribution in [0.3, 0.4) is 0 Å². The van der Waals surface area contributed by atoms with Gasteiger partial charge in [-0.2, -0.15) is 4.98 Å². The molecule has 3 aromatic rings. The smallest absolute Gasteiger partial charge is 0.418 e. The average molecular weight is 400 g/mol. The van der Waals surface area contributed by atoms with E-state index in [-0.39, 0.29) is 12.0 Å². The molecule has 0 unspecified atom stereocenters. The molecule has 2 heterocycles. The number of pyridine rings is 1. The summed E-state index contributed by atoms with van der Waals surface area (Å²) < 4.78 is 16.2. The summed E-state index contributed by atoms with van der Waals surface area (Å²) in [7, 11) is 0. The van der Waals surface area contributed by atoms with Crippen molar-refractivity contribution in [1.82, 2.24) is 9.97 Å². The Kier molecular flexibility index (Phi) is 5.16. The normalized spacial score (nSPS) is 13.6. The quantitative estimate of drug-likeness (QED) is 0.631. The van der Waals surface area contributed by atoms with Crippen LogP contribution < -0.4 is 14.8 Å². The van der Waals surface area contributed by atoms with Crippen LogP contribution in [0.15, 0.2) is 47.3 Å². The van der Waals surface area contributed by atoms with Crippen LogP contribution in [0.4, 0.5) is 10.5 Å². The third-order valence-electron chi connectivity index (χ3n) is 4.47. The molecule has 1 aliphatic carbocycles. The standard InChI is InChI=1S/C20H18ClN3O4/c1-12-18(23-11-26-12)28-20(25)24-15-9-17(13-5-7-14(21)8-6-13)19(22-10-15)27-16-3-2-4-16/h5-11,16H,2-4H2,1H3,(H,24,25). The molecule has 1 amide bonds. The number of oxazole rings is 1. The van der Waals surface area contributed by atoms with Gasteiger partial charge in [-0.1, -0.05) is 23.7 Å². The maximum atomic E-state index is 12.2. The van der Waals surface area contributed by atoms with E-state index >= 15 is 0 Å². The van der Waals surface area contributed by atoms with Crippen molar-refractivity contribution in [3.05, 3.63) is 53.7 Å². The molecule has 1 fully saturated rings. The number of nitrogens with one attached hydrogen (secondary N) is 1. The van der Waals surface area contributed by atoms with Gasteiger partial charge in [0.05, 0.1) is 11.9 Å². The van der Waals surface area contributed by atoms with E-state index in [4.69, 9.17) is 25.5 Å². The van der Waals surface area contributed by atoms with Gasteiger partial charge in [-0.25, -0.2) is 9.78 Å². The molecule has 0 saturated heterocycles. The van der Waals surface area contributed by atoms with Crippen LogP contribution >= 0.6 is 11.6 Å². The summed E-state index contributed by atoms with van der Waals surface area (Å²) >= 11 is 6.00. The van der Waals surface area contributed by atoms with Crippen molar-refractivity contribution in [2.45, 2.75) is 32.3 Å². The van der Waals surface area contributed by atoms with Gasteiger partial charge < -0.3 is 13.9 Å². The molecule has 4 rings (SSSR count). The Labute approximate surface area is 166 Å². The molecule has 1 aromatic carbocycles. The molecule has 0 aliphatic heterocycles. The van der Waals surface area contributed by atoms with Gasteiger partial charge in [-0.3, -0.25) is 5.32 Å². The summed E-state index contributed by atoms with van der Waals surface area (Å²) in [6, 6.07) is 9.15. The number of aromatic nitrogens is 2. The van der Waals surface area contributed by atoms with Crippen molar-refractivity contribution in [2.75, 3.05) is 5.32 Å². The number of nitrogens with zero attached hydrogens (tertiary/aromatic N) is 2. The minimum atomic E-state index is -0.687. The number of hydrogen-bond acceptors (Lipinski definition) is 6. The zero-order valence-corrected chi connectivity index (χ0v) is 15.9. The Hall–Kier alpha value is -3.06. The fourth-order valence-corrected chi connectivity index (χ4v) is 2.85. The van der Waals surface area contributed by atoms with Crippen LogP contribution in [-0.2, 0) is 0 Å².